The average Bonchev–Trinajstić information content (AvgIpc) is 2.58. The third kappa shape index (κ3) is 4.58. The van der Waals surface area contributed by atoms with Gasteiger partial charge in [-0.1, -0.05) is 32.9 Å². The molecule has 5 heteroatoms. The van der Waals surface area contributed by atoms with Gasteiger partial charge in [0, 0.05) is 38.0 Å². The van der Waals surface area contributed by atoms with Gasteiger partial charge in [-0.2, -0.15) is 5.26 Å². The van der Waals surface area contributed by atoms with Gasteiger partial charge in [-0.25, -0.2) is 0 Å². The Morgan fingerprint density at radius 2 is 1.58 bits per heavy atom. The van der Waals surface area contributed by atoms with Crippen LogP contribution in [0.5, 0.6) is 0 Å². The summed E-state index contributed by atoms with van der Waals surface area (Å²) in [7, 11) is 0. The van der Waals surface area contributed by atoms with Crippen molar-refractivity contribution in [3.8, 4) is 6.07 Å². The minimum atomic E-state index is -0.373. The summed E-state index contributed by atoms with van der Waals surface area (Å²) >= 11 is 0. The minimum Gasteiger partial charge on any atom is -0.339 e. The Morgan fingerprint density at radius 3 is 2.08 bits per heavy atom. The molecule has 0 aromatic heterocycles. The normalized spacial score (nSPS) is 15.1. The topological polar surface area (TPSA) is 64.4 Å². The molecule has 0 unspecified atom stereocenters. The third-order valence-electron chi connectivity index (χ3n) is 4.27. The lowest BCUT2D eigenvalue weighted by Gasteiger charge is -2.37. The molecule has 0 N–H and O–H groups in total. The van der Waals surface area contributed by atoms with Crippen molar-refractivity contribution in [2.24, 2.45) is 5.41 Å². The molecule has 2 amide bonds. The predicted molar refractivity (Wildman–Crippen MR) is 92.1 cm³/mol. The number of rotatable bonds is 3. The van der Waals surface area contributed by atoms with Gasteiger partial charge in [0.05, 0.1) is 11.6 Å². The van der Waals surface area contributed by atoms with Gasteiger partial charge in [-0.05, 0) is 24.1 Å². The molecule has 24 heavy (non-hydrogen) atoms. The van der Waals surface area contributed by atoms with Crippen molar-refractivity contribution in [3.63, 3.8) is 0 Å². The summed E-state index contributed by atoms with van der Waals surface area (Å²) in [5.74, 6) is 0.273. The summed E-state index contributed by atoms with van der Waals surface area (Å²) in [6.07, 6.45) is 1.13. The number of carbonyl (C=O) groups excluding carboxylic acids is 2. The zero-order chi connectivity index (χ0) is 17.7. The van der Waals surface area contributed by atoms with Crippen LogP contribution in [-0.4, -0.2) is 47.8 Å². The van der Waals surface area contributed by atoms with Crippen LogP contribution >= 0.6 is 0 Å². The predicted octanol–water partition coefficient (Wildman–Crippen LogP) is 2.21. The molecule has 128 valence electrons. The van der Waals surface area contributed by atoms with Crippen LogP contribution in [0.3, 0.4) is 0 Å². The largest absolute Gasteiger partial charge is 0.339 e. The van der Waals surface area contributed by atoms with Crippen LogP contribution in [-0.2, 0) is 16.0 Å². The molecule has 2 rings (SSSR count). The first-order chi connectivity index (χ1) is 11.3. The van der Waals surface area contributed by atoms with E-state index >= 15 is 0 Å². The van der Waals surface area contributed by atoms with Gasteiger partial charge in [-0.3, -0.25) is 9.59 Å². The van der Waals surface area contributed by atoms with Crippen molar-refractivity contribution in [1.29, 1.82) is 5.26 Å². The maximum Gasteiger partial charge on any atom is 0.228 e. The smallest absolute Gasteiger partial charge is 0.228 e. The fourth-order valence-electron chi connectivity index (χ4n) is 2.79. The number of amides is 2. The van der Waals surface area contributed by atoms with Crippen molar-refractivity contribution in [2.45, 2.75) is 33.6 Å². The van der Waals surface area contributed by atoms with Crippen LogP contribution in [0.1, 0.15) is 38.3 Å². The number of hydrogen-bond donors (Lipinski definition) is 0. The van der Waals surface area contributed by atoms with Crippen molar-refractivity contribution >= 4 is 11.8 Å². The van der Waals surface area contributed by atoms with Crippen molar-refractivity contribution in [2.75, 3.05) is 26.2 Å². The van der Waals surface area contributed by atoms with E-state index in [-0.39, 0.29) is 17.2 Å². The highest BCUT2D eigenvalue weighted by molar-refractivity contribution is 5.82. The molecule has 1 saturated heterocycles. The molecule has 0 radical (unpaired) electrons. The molecule has 1 aliphatic rings. The fraction of sp³-hybridized carbons (Fsp3) is 0.526. The first-order valence-electron chi connectivity index (χ1n) is 8.37. The number of aryl methyl sites for hydroxylation is 1. The van der Waals surface area contributed by atoms with Gasteiger partial charge in [0.1, 0.15) is 0 Å². The third-order valence-corrected chi connectivity index (χ3v) is 4.27. The van der Waals surface area contributed by atoms with Gasteiger partial charge in [0.2, 0.25) is 11.8 Å². The highest BCUT2D eigenvalue weighted by atomic mass is 16.2. The van der Waals surface area contributed by atoms with Gasteiger partial charge in [-0.15, -0.1) is 0 Å². The van der Waals surface area contributed by atoms with Crippen molar-refractivity contribution in [1.82, 2.24) is 9.80 Å². The van der Waals surface area contributed by atoms with E-state index in [4.69, 9.17) is 5.26 Å². The van der Waals surface area contributed by atoms with E-state index in [1.807, 2.05) is 42.7 Å². The number of carbonyl (C=O) groups is 2. The molecule has 5 nitrogen and oxygen atoms in total. The molecule has 1 heterocycles. The molecular formula is C19H25N3O2. The summed E-state index contributed by atoms with van der Waals surface area (Å²) in [6, 6.07) is 9.43. The number of benzene rings is 1. The second-order valence-corrected chi connectivity index (χ2v) is 7.23. The summed E-state index contributed by atoms with van der Waals surface area (Å²) in [5, 5.41) is 8.79. The molecule has 0 atom stereocenters. The molecular weight excluding hydrogens is 302 g/mol. The quantitative estimate of drug-likeness (QED) is 0.855. The zero-order valence-corrected chi connectivity index (χ0v) is 14.7. The Kier molecular flexibility index (Phi) is 5.61. The number of nitrogens with zero attached hydrogens (tertiary/aromatic N) is 3. The molecule has 0 spiro atoms. The first-order valence-corrected chi connectivity index (χ1v) is 8.37. The summed E-state index contributed by atoms with van der Waals surface area (Å²) in [4.78, 5) is 28.3. The van der Waals surface area contributed by atoms with Crippen LogP contribution in [0.2, 0.25) is 0 Å². The second-order valence-electron chi connectivity index (χ2n) is 7.23. The molecule has 0 aliphatic carbocycles. The summed E-state index contributed by atoms with van der Waals surface area (Å²) < 4.78 is 0. The van der Waals surface area contributed by atoms with Crippen LogP contribution in [0.15, 0.2) is 24.3 Å². The SMILES string of the molecule is CC(C)(C)C(=O)N1CCN(C(=O)CCc2ccc(C#N)cc2)CC1. The first kappa shape index (κ1) is 18.0. The lowest BCUT2D eigenvalue weighted by molar-refractivity contribution is -0.144. The van der Waals surface area contributed by atoms with Crippen LogP contribution in [0.4, 0.5) is 0 Å². The molecule has 1 fully saturated rings. The second kappa shape index (κ2) is 7.48. The van der Waals surface area contributed by atoms with Gasteiger partial charge < -0.3 is 9.80 Å². The highest BCUT2D eigenvalue weighted by Gasteiger charge is 2.30. The Labute approximate surface area is 143 Å². The monoisotopic (exact) mass is 327 g/mol. The molecule has 0 bridgehead atoms. The van der Waals surface area contributed by atoms with Crippen LogP contribution in [0.25, 0.3) is 0 Å². The van der Waals surface area contributed by atoms with Crippen molar-refractivity contribution < 1.29 is 9.59 Å². The van der Waals surface area contributed by atoms with Gasteiger partial charge >= 0.3 is 0 Å². The molecule has 1 aromatic carbocycles. The summed E-state index contributed by atoms with van der Waals surface area (Å²) in [6.45, 7) is 8.19. The van der Waals surface area contributed by atoms with E-state index < -0.39 is 0 Å². The molecule has 0 saturated carbocycles. The highest BCUT2D eigenvalue weighted by Crippen LogP contribution is 2.19. The van der Waals surface area contributed by atoms with Gasteiger partial charge in [0.15, 0.2) is 0 Å². The maximum atomic E-state index is 12.3. The van der Waals surface area contributed by atoms with Crippen LogP contribution in [0, 0.1) is 16.7 Å². The molecule has 1 aliphatic heterocycles. The number of nitriles is 1. The van der Waals surface area contributed by atoms with Gasteiger partial charge in [0.25, 0.3) is 0 Å². The number of piperazine rings is 1. The Balaban J connectivity index is 1.80. The standard InChI is InChI=1S/C19H25N3O2/c1-19(2,3)18(24)22-12-10-21(11-13-22)17(23)9-8-15-4-6-16(14-20)7-5-15/h4-7H,8-13H2,1-3H3. The van der Waals surface area contributed by atoms with E-state index in [1.54, 1.807) is 12.1 Å². The minimum absolute atomic E-state index is 0.127. The van der Waals surface area contributed by atoms with E-state index in [1.165, 1.54) is 0 Å². The van der Waals surface area contributed by atoms with E-state index in [0.717, 1.165) is 5.56 Å². The Bertz CT molecular complexity index is 630. The molecule has 1 aromatic rings. The summed E-state index contributed by atoms with van der Waals surface area (Å²) in [5.41, 5.74) is 1.32. The Hall–Kier alpha value is -2.35. The van der Waals surface area contributed by atoms with E-state index in [2.05, 4.69) is 6.07 Å². The zero-order valence-electron chi connectivity index (χ0n) is 14.7. The average molecular weight is 327 g/mol. The van der Waals surface area contributed by atoms with Crippen molar-refractivity contribution in [3.05, 3.63) is 35.4 Å². The lowest BCUT2D eigenvalue weighted by Crippen LogP contribution is -2.53. The van der Waals surface area contributed by atoms with Crippen LogP contribution < -0.4 is 0 Å². The lowest BCUT2D eigenvalue weighted by atomic mass is 9.94. The van der Waals surface area contributed by atoms with E-state index in [9.17, 15) is 9.59 Å². The van der Waals surface area contributed by atoms with E-state index in [0.29, 0.717) is 44.6 Å². The Morgan fingerprint density at radius 1 is 1.04 bits per heavy atom. The number of hydrogen-bond acceptors (Lipinski definition) is 3. The fourth-order valence-corrected chi connectivity index (χ4v) is 2.79. The maximum absolute atomic E-state index is 12.3.